The Bertz CT molecular complexity index is 842. The van der Waals surface area contributed by atoms with Gasteiger partial charge in [0, 0.05) is 5.56 Å². The first kappa shape index (κ1) is 17.0. The molecule has 0 aliphatic heterocycles. The zero-order valence-electron chi connectivity index (χ0n) is 14.7. The van der Waals surface area contributed by atoms with E-state index in [4.69, 9.17) is 0 Å². The zero-order chi connectivity index (χ0) is 17.7. The molecule has 1 N–H and O–H groups in total. The van der Waals surface area contributed by atoms with Crippen LogP contribution >= 0.6 is 0 Å². The molecule has 1 atom stereocenters. The van der Waals surface area contributed by atoms with Gasteiger partial charge in [-0.2, -0.15) is 0 Å². The zero-order valence-corrected chi connectivity index (χ0v) is 14.7. The molecule has 3 aromatic rings. The van der Waals surface area contributed by atoms with Crippen molar-refractivity contribution >= 4 is 5.91 Å². The smallest absolute Gasteiger partial charge is 0.251 e. The van der Waals surface area contributed by atoms with Crippen molar-refractivity contribution in [3.05, 3.63) is 107 Å². The average molecular weight is 329 g/mol. The lowest BCUT2D eigenvalue weighted by Gasteiger charge is -2.32. The molecule has 0 fully saturated rings. The monoisotopic (exact) mass is 329 g/mol. The standard InChI is InChI=1S/C23H23NO/c1-18-10-9-13-20(16-18)22(25)24-23(2,21-14-7-4-8-15-21)17-19-11-5-3-6-12-19/h3-16H,17H2,1-2H3,(H,24,25). The van der Waals surface area contributed by atoms with E-state index >= 15 is 0 Å². The number of benzene rings is 3. The van der Waals surface area contributed by atoms with Crippen LogP contribution in [0.4, 0.5) is 0 Å². The van der Waals surface area contributed by atoms with Crippen molar-refractivity contribution in [2.75, 3.05) is 0 Å². The minimum atomic E-state index is -0.483. The maximum Gasteiger partial charge on any atom is 0.251 e. The van der Waals surface area contributed by atoms with Crippen molar-refractivity contribution in [2.24, 2.45) is 0 Å². The predicted molar refractivity (Wildman–Crippen MR) is 103 cm³/mol. The highest BCUT2D eigenvalue weighted by Crippen LogP contribution is 2.26. The van der Waals surface area contributed by atoms with Gasteiger partial charge >= 0.3 is 0 Å². The van der Waals surface area contributed by atoms with Gasteiger partial charge in [0.05, 0.1) is 5.54 Å². The Labute approximate surface area is 149 Å². The normalized spacial score (nSPS) is 13.0. The van der Waals surface area contributed by atoms with Gasteiger partial charge in [-0.25, -0.2) is 0 Å². The molecule has 2 nitrogen and oxygen atoms in total. The number of hydrogen-bond acceptors (Lipinski definition) is 1. The first-order chi connectivity index (χ1) is 12.1. The summed E-state index contributed by atoms with van der Waals surface area (Å²) in [7, 11) is 0. The van der Waals surface area contributed by atoms with E-state index in [0.29, 0.717) is 5.56 Å². The quantitative estimate of drug-likeness (QED) is 0.710. The third kappa shape index (κ3) is 4.16. The van der Waals surface area contributed by atoms with E-state index in [1.807, 2.05) is 67.6 Å². The summed E-state index contributed by atoms with van der Waals surface area (Å²) in [6.45, 7) is 4.08. The molecule has 0 aliphatic carbocycles. The Hall–Kier alpha value is -2.87. The highest BCUT2D eigenvalue weighted by molar-refractivity contribution is 5.95. The van der Waals surface area contributed by atoms with Gasteiger partial charge in [0.1, 0.15) is 0 Å². The first-order valence-electron chi connectivity index (χ1n) is 8.55. The van der Waals surface area contributed by atoms with Gasteiger partial charge in [-0.3, -0.25) is 4.79 Å². The minimum Gasteiger partial charge on any atom is -0.342 e. The Kier molecular flexibility index (Phi) is 4.99. The Morgan fingerprint density at radius 3 is 2.16 bits per heavy atom. The second kappa shape index (κ2) is 7.35. The second-order valence-electron chi connectivity index (χ2n) is 6.68. The number of carbonyl (C=O) groups excluding carboxylic acids is 1. The third-order valence-corrected chi connectivity index (χ3v) is 4.48. The van der Waals surface area contributed by atoms with Crippen molar-refractivity contribution in [3.63, 3.8) is 0 Å². The molecular weight excluding hydrogens is 306 g/mol. The van der Waals surface area contributed by atoms with E-state index in [9.17, 15) is 4.79 Å². The summed E-state index contributed by atoms with van der Waals surface area (Å²) in [5.41, 5.74) is 3.58. The van der Waals surface area contributed by atoms with Gasteiger partial charge in [-0.1, -0.05) is 78.4 Å². The van der Waals surface area contributed by atoms with Crippen molar-refractivity contribution in [2.45, 2.75) is 25.8 Å². The molecule has 0 spiro atoms. The highest BCUT2D eigenvalue weighted by Gasteiger charge is 2.29. The van der Waals surface area contributed by atoms with Crippen LogP contribution in [0.25, 0.3) is 0 Å². The van der Waals surface area contributed by atoms with E-state index in [1.165, 1.54) is 5.56 Å². The van der Waals surface area contributed by atoms with E-state index in [1.54, 1.807) is 0 Å². The Balaban J connectivity index is 1.92. The van der Waals surface area contributed by atoms with Crippen LogP contribution in [-0.2, 0) is 12.0 Å². The van der Waals surface area contributed by atoms with Crippen LogP contribution in [-0.4, -0.2) is 5.91 Å². The predicted octanol–water partition coefficient (Wildman–Crippen LogP) is 4.88. The average Bonchev–Trinajstić information content (AvgIpc) is 2.63. The fourth-order valence-electron chi connectivity index (χ4n) is 3.14. The van der Waals surface area contributed by atoms with E-state index in [0.717, 1.165) is 17.5 Å². The third-order valence-electron chi connectivity index (χ3n) is 4.48. The minimum absolute atomic E-state index is 0.0500. The molecule has 2 heteroatoms. The molecule has 1 unspecified atom stereocenters. The molecule has 0 radical (unpaired) electrons. The lowest BCUT2D eigenvalue weighted by molar-refractivity contribution is 0.0904. The van der Waals surface area contributed by atoms with Gasteiger partial charge in [-0.15, -0.1) is 0 Å². The van der Waals surface area contributed by atoms with Crippen LogP contribution in [0.1, 0.15) is 34.0 Å². The molecule has 3 aromatic carbocycles. The maximum atomic E-state index is 12.9. The summed E-state index contributed by atoms with van der Waals surface area (Å²) >= 11 is 0. The molecule has 0 saturated heterocycles. The number of hydrogen-bond donors (Lipinski definition) is 1. The van der Waals surface area contributed by atoms with Crippen LogP contribution in [0.5, 0.6) is 0 Å². The first-order valence-corrected chi connectivity index (χ1v) is 8.55. The van der Waals surface area contributed by atoms with Gasteiger partial charge in [-0.05, 0) is 43.5 Å². The molecule has 0 heterocycles. The molecule has 1 amide bonds. The van der Waals surface area contributed by atoms with Crippen LogP contribution in [0.2, 0.25) is 0 Å². The summed E-state index contributed by atoms with van der Waals surface area (Å²) in [4.78, 5) is 12.9. The van der Waals surface area contributed by atoms with Gasteiger partial charge in [0.15, 0.2) is 0 Å². The molecular formula is C23H23NO. The van der Waals surface area contributed by atoms with E-state index in [-0.39, 0.29) is 5.91 Å². The molecule has 3 rings (SSSR count). The number of carbonyl (C=O) groups is 1. The fourth-order valence-corrected chi connectivity index (χ4v) is 3.14. The van der Waals surface area contributed by atoms with E-state index in [2.05, 4.69) is 36.5 Å². The van der Waals surface area contributed by atoms with E-state index < -0.39 is 5.54 Å². The lowest BCUT2D eigenvalue weighted by atomic mass is 9.85. The van der Waals surface area contributed by atoms with Crippen molar-refractivity contribution in [1.82, 2.24) is 5.32 Å². The number of nitrogens with one attached hydrogen (secondary N) is 1. The second-order valence-corrected chi connectivity index (χ2v) is 6.68. The lowest BCUT2D eigenvalue weighted by Crippen LogP contribution is -2.45. The number of aryl methyl sites for hydroxylation is 1. The van der Waals surface area contributed by atoms with Gasteiger partial charge in [0.25, 0.3) is 5.91 Å². The SMILES string of the molecule is Cc1cccc(C(=O)NC(C)(Cc2ccccc2)c2ccccc2)c1. The Morgan fingerprint density at radius 1 is 0.880 bits per heavy atom. The number of amides is 1. The van der Waals surface area contributed by atoms with Crippen LogP contribution in [0.15, 0.2) is 84.9 Å². The van der Waals surface area contributed by atoms with Crippen molar-refractivity contribution < 1.29 is 4.79 Å². The van der Waals surface area contributed by atoms with Crippen molar-refractivity contribution in [3.8, 4) is 0 Å². The number of rotatable bonds is 5. The molecule has 126 valence electrons. The molecule has 25 heavy (non-hydrogen) atoms. The van der Waals surface area contributed by atoms with Crippen LogP contribution in [0, 0.1) is 6.92 Å². The fraction of sp³-hybridized carbons (Fsp3) is 0.174. The summed E-state index contributed by atoms with van der Waals surface area (Å²) in [6, 6.07) is 28.1. The largest absolute Gasteiger partial charge is 0.342 e. The topological polar surface area (TPSA) is 29.1 Å². The summed E-state index contributed by atoms with van der Waals surface area (Å²) in [6.07, 6.45) is 0.732. The Morgan fingerprint density at radius 2 is 1.52 bits per heavy atom. The van der Waals surface area contributed by atoms with Crippen LogP contribution in [0.3, 0.4) is 0 Å². The van der Waals surface area contributed by atoms with Crippen molar-refractivity contribution in [1.29, 1.82) is 0 Å². The summed E-state index contributed by atoms with van der Waals surface area (Å²) in [5.74, 6) is -0.0500. The van der Waals surface area contributed by atoms with Crippen LogP contribution < -0.4 is 5.32 Å². The highest BCUT2D eigenvalue weighted by atomic mass is 16.1. The molecule has 0 aliphatic rings. The summed E-state index contributed by atoms with van der Waals surface area (Å²) in [5, 5.41) is 3.26. The summed E-state index contributed by atoms with van der Waals surface area (Å²) < 4.78 is 0. The maximum absolute atomic E-state index is 12.9. The molecule has 0 saturated carbocycles. The van der Waals surface area contributed by atoms with Gasteiger partial charge in [0.2, 0.25) is 0 Å². The molecule has 0 aromatic heterocycles. The molecule has 0 bridgehead atoms. The van der Waals surface area contributed by atoms with Gasteiger partial charge < -0.3 is 5.32 Å².